The molecule has 3 unspecified atom stereocenters. The molecule has 1 N–H and O–H groups in total. The first-order valence-corrected chi connectivity index (χ1v) is 8.45. The maximum atomic E-state index is 12.6. The summed E-state index contributed by atoms with van der Waals surface area (Å²) in [6, 6.07) is 2.36. The number of carbonyl (C=O) groups is 1. The number of thiophene rings is 1. The SMILES string of the molecule is Cc1cc(C(=O)NC2CC3CCC2(C)C3(C)C)c(C)s1. The summed E-state index contributed by atoms with van der Waals surface area (Å²) in [6.07, 6.45) is 3.72. The van der Waals surface area contributed by atoms with Crippen molar-refractivity contribution in [1.29, 1.82) is 0 Å². The smallest absolute Gasteiger partial charge is 0.252 e. The molecule has 1 aromatic rings. The Morgan fingerprint density at radius 2 is 2.05 bits per heavy atom. The second-order valence-electron chi connectivity index (χ2n) is 7.46. The Labute approximate surface area is 126 Å². The fraction of sp³-hybridized carbons (Fsp3) is 0.706. The summed E-state index contributed by atoms with van der Waals surface area (Å²) in [5.74, 6) is 0.893. The van der Waals surface area contributed by atoms with Gasteiger partial charge in [0.1, 0.15) is 0 Å². The average Bonchev–Trinajstić information content (AvgIpc) is 2.86. The molecular formula is C17H25NOS. The Morgan fingerprint density at radius 3 is 2.50 bits per heavy atom. The number of aryl methyl sites for hydroxylation is 2. The molecule has 2 saturated carbocycles. The standard InChI is InChI=1S/C17H25NOS/c1-10-8-13(11(2)20-10)15(19)18-14-9-12-6-7-17(14,5)16(12,3)4/h8,12,14H,6-7,9H2,1-5H3,(H,18,19). The van der Waals surface area contributed by atoms with Gasteiger partial charge in [-0.05, 0) is 55.9 Å². The molecule has 3 atom stereocenters. The highest BCUT2D eigenvalue weighted by atomic mass is 32.1. The van der Waals surface area contributed by atoms with Crippen molar-refractivity contribution in [2.75, 3.05) is 0 Å². The van der Waals surface area contributed by atoms with Crippen LogP contribution in [0.25, 0.3) is 0 Å². The van der Waals surface area contributed by atoms with E-state index in [-0.39, 0.29) is 11.3 Å². The summed E-state index contributed by atoms with van der Waals surface area (Å²) in [7, 11) is 0. The van der Waals surface area contributed by atoms with E-state index in [0.29, 0.717) is 11.5 Å². The zero-order valence-corrected chi connectivity index (χ0v) is 14.0. The first-order chi connectivity index (χ1) is 9.25. The maximum absolute atomic E-state index is 12.6. The molecule has 1 amide bonds. The molecular weight excluding hydrogens is 266 g/mol. The van der Waals surface area contributed by atoms with Gasteiger partial charge in [0.15, 0.2) is 0 Å². The van der Waals surface area contributed by atoms with Crippen molar-refractivity contribution < 1.29 is 4.79 Å². The van der Waals surface area contributed by atoms with E-state index in [2.05, 4.69) is 33.0 Å². The highest BCUT2D eigenvalue weighted by Gasteiger charge is 2.61. The van der Waals surface area contributed by atoms with Crippen LogP contribution < -0.4 is 5.32 Å². The molecule has 20 heavy (non-hydrogen) atoms. The summed E-state index contributed by atoms with van der Waals surface area (Å²) in [6.45, 7) is 11.2. The summed E-state index contributed by atoms with van der Waals surface area (Å²) >= 11 is 1.71. The van der Waals surface area contributed by atoms with Crippen molar-refractivity contribution in [1.82, 2.24) is 5.32 Å². The monoisotopic (exact) mass is 291 g/mol. The van der Waals surface area contributed by atoms with E-state index >= 15 is 0 Å². The second kappa shape index (κ2) is 4.33. The number of hydrogen-bond acceptors (Lipinski definition) is 2. The second-order valence-corrected chi connectivity index (χ2v) is 8.92. The van der Waals surface area contributed by atoms with Gasteiger partial charge in [0.25, 0.3) is 5.91 Å². The van der Waals surface area contributed by atoms with E-state index in [1.165, 1.54) is 17.7 Å². The Balaban J connectivity index is 1.80. The highest BCUT2D eigenvalue weighted by Crippen LogP contribution is 2.65. The van der Waals surface area contributed by atoms with Crippen LogP contribution in [0, 0.1) is 30.6 Å². The first-order valence-electron chi connectivity index (χ1n) is 7.63. The predicted molar refractivity (Wildman–Crippen MR) is 84.3 cm³/mol. The van der Waals surface area contributed by atoms with Gasteiger partial charge in [-0.25, -0.2) is 0 Å². The van der Waals surface area contributed by atoms with E-state index in [9.17, 15) is 4.79 Å². The molecule has 2 aliphatic rings. The number of amides is 1. The molecule has 0 aliphatic heterocycles. The minimum absolute atomic E-state index is 0.126. The maximum Gasteiger partial charge on any atom is 0.252 e. The van der Waals surface area contributed by atoms with Crippen LogP contribution in [0.3, 0.4) is 0 Å². The van der Waals surface area contributed by atoms with Crippen LogP contribution in [0.1, 0.15) is 60.1 Å². The van der Waals surface area contributed by atoms with Gasteiger partial charge >= 0.3 is 0 Å². The minimum atomic E-state index is 0.126. The van der Waals surface area contributed by atoms with Crippen LogP contribution in [-0.4, -0.2) is 11.9 Å². The van der Waals surface area contributed by atoms with Crippen molar-refractivity contribution >= 4 is 17.2 Å². The predicted octanol–water partition coefficient (Wildman–Crippen LogP) is 4.31. The summed E-state index contributed by atoms with van der Waals surface area (Å²) in [5.41, 5.74) is 1.48. The van der Waals surface area contributed by atoms with Crippen molar-refractivity contribution in [3.63, 3.8) is 0 Å². The van der Waals surface area contributed by atoms with E-state index in [0.717, 1.165) is 22.8 Å². The fourth-order valence-electron chi connectivity index (χ4n) is 4.51. The molecule has 2 nitrogen and oxygen atoms in total. The van der Waals surface area contributed by atoms with Crippen molar-refractivity contribution in [2.24, 2.45) is 16.7 Å². The van der Waals surface area contributed by atoms with Crippen molar-refractivity contribution in [3.05, 3.63) is 21.4 Å². The van der Waals surface area contributed by atoms with Gasteiger partial charge in [-0.1, -0.05) is 20.8 Å². The molecule has 0 radical (unpaired) electrons. The molecule has 2 aliphatic carbocycles. The number of carbonyl (C=O) groups excluding carboxylic acids is 1. The lowest BCUT2D eigenvalue weighted by Crippen LogP contribution is -2.46. The molecule has 3 heteroatoms. The number of hydrogen-bond donors (Lipinski definition) is 1. The lowest BCUT2D eigenvalue weighted by molar-refractivity contribution is 0.0826. The number of fused-ring (bicyclic) bond motifs is 2. The topological polar surface area (TPSA) is 29.1 Å². The largest absolute Gasteiger partial charge is 0.349 e. The van der Waals surface area contributed by atoms with Gasteiger partial charge in [0.2, 0.25) is 0 Å². The van der Waals surface area contributed by atoms with Gasteiger partial charge in [-0.2, -0.15) is 0 Å². The quantitative estimate of drug-likeness (QED) is 0.864. The van der Waals surface area contributed by atoms with E-state index in [4.69, 9.17) is 0 Å². The molecule has 0 saturated heterocycles. The summed E-state index contributed by atoms with van der Waals surface area (Å²) < 4.78 is 0. The van der Waals surface area contributed by atoms with Crippen LogP contribution in [0.15, 0.2) is 6.07 Å². The Hall–Kier alpha value is -0.830. The molecule has 2 fully saturated rings. The third-order valence-corrected chi connectivity index (χ3v) is 7.35. The third-order valence-electron chi connectivity index (χ3n) is 6.38. The fourth-order valence-corrected chi connectivity index (χ4v) is 5.44. The van der Waals surface area contributed by atoms with E-state index in [1.807, 2.05) is 13.0 Å². The minimum Gasteiger partial charge on any atom is -0.349 e. The molecule has 0 aromatic carbocycles. The van der Waals surface area contributed by atoms with Crippen molar-refractivity contribution in [2.45, 2.75) is 59.9 Å². The zero-order chi connectivity index (χ0) is 14.7. The summed E-state index contributed by atoms with van der Waals surface area (Å²) in [5, 5.41) is 3.34. The Kier molecular flexibility index (Phi) is 3.06. The molecule has 110 valence electrons. The van der Waals surface area contributed by atoms with E-state index in [1.54, 1.807) is 11.3 Å². The number of rotatable bonds is 2. The van der Waals surface area contributed by atoms with Crippen LogP contribution in [0.2, 0.25) is 0 Å². The molecule has 1 aromatic heterocycles. The lowest BCUT2D eigenvalue weighted by Gasteiger charge is -2.39. The van der Waals surface area contributed by atoms with Gasteiger partial charge in [-0.15, -0.1) is 11.3 Å². The summed E-state index contributed by atoms with van der Waals surface area (Å²) in [4.78, 5) is 14.9. The zero-order valence-electron chi connectivity index (χ0n) is 13.2. The number of nitrogens with one attached hydrogen (secondary N) is 1. The van der Waals surface area contributed by atoms with Crippen LogP contribution in [0.4, 0.5) is 0 Å². The normalized spacial score (nSPS) is 34.5. The first kappa shape index (κ1) is 14.1. The van der Waals surface area contributed by atoms with Crippen LogP contribution >= 0.6 is 11.3 Å². The van der Waals surface area contributed by atoms with Gasteiger partial charge in [-0.3, -0.25) is 4.79 Å². The molecule has 3 rings (SSSR count). The third kappa shape index (κ3) is 1.78. The van der Waals surface area contributed by atoms with Crippen molar-refractivity contribution in [3.8, 4) is 0 Å². The van der Waals surface area contributed by atoms with E-state index < -0.39 is 0 Å². The molecule has 2 bridgehead atoms. The highest BCUT2D eigenvalue weighted by molar-refractivity contribution is 7.12. The van der Waals surface area contributed by atoms with Crippen LogP contribution in [0.5, 0.6) is 0 Å². The Bertz CT molecular complexity index is 559. The van der Waals surface area contributed by atoms with Crippen LogP contribution in [-0.2, 0) is 0 Å². The van der Waals surface area contributed by atoms with Gasteiger partial charge in [0.05, 0.1) is 5.56 Å². The lowest BCUT2D eigenvalue weighted by atomic mass is 9.69. The molecule has 1 heterocycles. The average molecular weight is 291 g/mol. The van der Waals surface area contributed by atoms with Gasteiger partial charge < -0.3 is 5.32 Å². The van der Waals surface area contributed by atoms with Gasteiger partial charge in [0, 0.05) is 15.8 Å². The Morgan fingerprint density at radius 1 is 1.35 bits per heavy atom. The molecule has 0 spiro atoms.